The van der Waals surface area contributed by atoms with Crippen molar-refractivity contribution in [3.05, 3.63) is 32.9 Å². The normalized spacial score (nSPS) is 9.92. The number of rotatable bonds is 1. The van der Waals surface area contributed by atoms with Gasteiger partial charge in [0.15, 0.2) is 11.6 Å². The minimum atomic E-state index is -1.72. The van der Waals surface area contributed by atoms with E-state index in [1.807, 2.05) is 0 Å². The molecule has 0 bridgehead atoms. The van der Waals surface area contributed by atoms with Crippen molar-refractivity contribution < 1.29 is 18.7 Å². The van der Waals surface area contributed by atoms with Gasteiger partial charge < -0.3 is 9.90 Å². The zero-order valence-corrected chi connectivity index (χ0v) is 7.76. The number of hydrogen-bond donors (Lipinski definition) is 0. The second kappa shape index (κ2) is 3.34. The van der Waals surface area contributed by atoms with Gasteiger partial charge in [0.2, 0.25) is 0 Å². The molecule has 0 amide bonds. The molecule has 1 aromatic rings. The summed E-state index contributed by atoms with van der Waals surface area (Å²) in [6.45, 7) is 0. The van der Waals surface area contributed by atoms with Gasteiger partial charge in [0.25, 0.3) is 0 Å². The first-order chi connectivity index (χ1) is 5.52. The van der Waals surface area contributed by atoms with Gasteiger partial charge in [0.1, 0.15) is 0 Å². The standard InChI is InChI=1S/C7H3F2IO2/c8-5-2-3(10)1-4(6(5)9)7(11)12/h1-2H,(H,11,12)/p-1. The Morgan fingerprint density at radius 1 is 1.42 bits per heavy atom. The number of aromatic carboxylic acids is 1. The molecule has 1 rings (SSSR count). The van der Waals surface area contributed by atoms with Crippen molar-refractivity contribution in [2.24, 2.45) is 0 Å². The first-order valence-corrected chi connectivity index (χ1v) is 3.96. The summed E-state index contributed by atoms with van der Waals surface area (Å²) in [5.74, 6) is -4.28. The second-order valence-electron chi connectivity index (χ2n) is 2.04. The van der Waals surface area contributed by atoms with Crippen molar-refractivity contribution in [3.8, 4) is 0 Å². The van der Waals surface area contributed by atoms with Gasteiger partial charge in [-0.25, -0.2) is 8.78 Å². The molecule has 0 aliphatic carbocycles. The predicted molar refractivity (Wildman–Crippen MR) is 43.4 cm³/mol. The lowest BCUT2D eigenvalue weighted by molar-refractivity contribution is -0.255. The van der Waals surface area contributed by atoms with Crippen LogP contribution in [-0.4, -0.2) is 5.97 Å². The molecule has 0 aromatic heterocycles. The van der Waals surface area contributed by atoms with Crippen molar-refractivity contribution in [3.63, 3.8) is 0 Å². The maximum Gasteiger partial charge on any atom is 0.167 e. The Morgan fingerprint density at radius 2 is 2.00 bits per heavy atom. The molecule has 0 spiro atoms. The minimum absolute atomic E-state index is 0.311. The fourth-order valence-corrected chi connectivity index (χ4v) is 1.29. The zero-order valence-electron chi connectivity index (χ0n) is 5.61. The van der Waals surface area contributed by atoms with Gasteiger partial charge in [0.05, 0.1) is 5.97 Å². The van der Waals surface area contributed by atoms with E-state index in [-0.39, 0.29) is 0 Å². The molecule has 0 saturated carbocycles. The third kappa shape index (κ3) is 1.71. The molecule has 0 fully saturated rings. The molecule has 2 nitrogen and oxygen atoms in total. The molecule has 64 valence electrons. The Labute approximate surface area is 80.3 Å². The monoisotopic (exact) mass is 283 g/mol. The number of hydrogen-bond acceptors (Lipinski definition) is 2. The Hall–Kier alpha value is -0.720. The Bertz CT molecular complexity index is 338. The number of benzene rings is 1. The molecular weight excluding hydrogens is 281 g/mol. The van der Waals surface area contributed by atoms with Crippen LogP contribution < -0.4 is 5.11 Å². The number of carbonyl (C=O) groups is 1. The van der Waals surface area contributed by atoms with E-state index in [0.717, 1.165) is 12.1 Å². The van der Waals surface area contributed by atoms with Crippen LogP contribution in [0.15, 0.2) is 12.1 Å². The maximum atomic E-state index is 12.6. The Kier molecular flexibility index (Phi) is 2.61. The summed E-state index contributed by atoms with van der Waals surface area (Å²) < 4.78 is 25.5. The summed E-state index contributed by atoms with van der Waals surface area (Å²) in [6, 6.07) is 1.91. The zero-order chi connectivity index (χ0) is 9.30. The van der Waals surface area contributed by atoms with Crippen molar-refractivity contribution in [2.45, 2.75) is 0 Å². The van der Waals surface area contributed by atoms with E-state index in [2.05, 4.69) is 0 Å². The van der Waals surface area contributed by atoms with Crippen LogP contribution in [0.25, 0.3) is 0 Å². The van der Waals surface area contributed by atoms with Crippen LogP contribution in [0.2, 0.25) is 0 Å². The summed E-state index contributed by atoms with van der Waals surface area (Å²) in [5, 5.41) is 10.2. The first-order valence-electron chi connectivity index (χ1n) is 2.88. The lowest BCUT2D eigenvalue weighted by Crippen LogP contribution is -2.24. The fraction of sp³-hybridized carbons (Fsp3) is 0. The number of carboxylic acids is 1. The maximum absolute atomic E-state index is 12.6. The van der Waals surface area contributed by atoms with Crippen LogP contribution in [0.4, 0.5) is 8.78 Å². The molecule has 12 heavy (non-hydrogen) atoms. The predicted octanol–water partition coefficient (Wildman–Crippen LogP) is 0.933. The number of carboxylic acid groups (broad SMARTS) is 1. The van der Waals surface area contributed by atoms with Gasteiger partial charge >= 0.3 is 0 Å². The van der Waals surface area contributed by atoms with E-state index in [9.17, 15) is 18.7 Å². The number of carbonyl (C=O) groups excluding carboxylic acids is 1. The van der Waals surface area contributed by atoms with Crippen LogP contribution in [0, 0.1) is 15.2 Å². The molecule has 0 unspecified atom stereocenters. The number of halogens is 3. The Balaban J connectivity index is 3.37. The van der Waals surface area contributed by atoms with Crippen molar-refractivity contribution in [2.75, 3.05) is 0 Å². The molecule has 0 heterocycles. The van der Waals surface area contributed by atoms with Crippen molar-refractivity contribution >= 4 is 28.6 Å². The summed E-state index contributed by atoms with van der Waals surface area (Å²) in [5.41, 5.74) is -0.751. The largest absolute Gasteiger partial charge is 0.545 e. The van der Waals surface area contributed by atoms with Crippen molar-refractivity contribution in [1.82, 2.24) is 0 Å². The molecule has 0 atom stereocenters. The van der Waals surface area contributed by atoms with Crippen LogP contribution in [0.3, 0.4) is 0 Å². The van der Waals surface area contributed by atoms with Gasteiger partial charge in [-0.15, -0.1) is 0 Å². The summed E-state index contributed by atoms with van der Waals surface area (Å²) in [6.07, 6.45) is 0. The summed E-state index contributed by atoms with van der Waals surface area (Å²) in [7, 11) is 0. The molecular formula is C7H2F2IO2-. The van der Waals surface area contributed by atoms with Crippen LogP contribution in [0.5, 0.6) is 0 Å². The van der Waals surface area contributed by atoms with Gasteiger partial charge in [-0.3, -0.25) is 0 Å². The molecule has 0 N–H and O–H groups in total. The van der Waals surface area contributed by atoms with Crippen molar-refractivity contribution in [1.29, 1.82) is 0 Å². The van der Waals surface area contributed by atoms with Crippen LogP contribution in [0.1, 0.15) is 10.4 Å². The Morgan fingerprint density at radius 3 is 2.50 bits per heavy atom. The average Bonchev–Trinajstić information content (AvgIpc) is 1.96. The highest BCUT2D eigenvalue weighted by atomic mass is 127. The highest BCUT2D eigenvalue weighted by molar-refractivity contribution is 14.1. The molecule has 1 aromatic carbocycles. The average molecular weight is 283 g/mol. The molecule has 0 saturated heterocycles. The van der Waals surface area contributed by atoms with E-state index in [1.54, 1.807) is 22.6 Å². The topological polar surface area (TPSA) is 40.1 Å². The quantitative estimate of drug-likeness (QED) is 0.568. The summed E-state index contributed by atoms with van der Waals surface area (Å²) in [4.78, 5) is 10.2. The van der Waals surface area contributed by atoms with E-state index < -0.39 is 23.2 Å². The highest BCUT2D eigenvalue weighted by Crippen LogP contribution is 2.15. The van der Waals surface area contributed by atoms with E-state index in [4.69, 9.17) is 0 Å². The molecule has 0 aliphatic rings. The lowest BCUT2D eigenvalue weighted by Gasteiger charge is -2.04. The lowest BCUT2D eigenvalue weighted by atomic mass is 10.2. The summed E-state index contributed by atoms with van der Waals surface area (Å²) >= 11 is 1.68. The molecule has 0 radical (unpaired) electrons. The van der Waals surface area contributed by atoms with Gasteiger partial charge in [-0.1, -0.05) is 0 Å². The third-order valence-electron chi connectivity index (χ3n) is 1.21. The second-order valence-corrected chi connectivity index (χ2v) is 3.28. The van der Waals surface area contributed by atoms with E-state index in [1.165, 1.54) is 0 Å². The van der Waals surface area contributed by atoms with Gasteiger partial charge in [0, 0.05) is 9.13 Å². The first kappa shape index (κ1) is 9.37. The third-order valence-corrected chi connectivity index (χ3v) is 1.84. The van der Waals surface area contributed by atoms with Gasteiger partial charge in [-0.05, 0) is 34.7 Å². The van der Waals surface area contributed by atoms with E-state index in [0.29, 0.717) is 3.57 Å². The minimum Gasteiger partial charge on any atom is -0.545 e. The van der Waals surface area contributed by atoms with Crippen LogP contribution >= 0.6 is 22.6 Å². The highest BCUT2D eigenvalue weighted by Gasteiger charge is 2.09. The van der Waals surface area contributed by atoms with E-state index >= 15 is 0 Å². The molecule has 5 heteroatoms. The smallest absolute Gasteiger partial charge is 0.167 e. The van der Waals surface area contributed by atoms with Crippen LogP contribution in [-0.2, 0) is 0 Å². The fourth-order valence-electron chi connectivity index (χ4n) is 0.705. The SMILES string of the molecule is O=C([O-])c1cc(I)cc(F)c1F. The molecule has 0 aliphatic heterocycles. The van der Waals surface area contributed by atoms with Gasteiger partial charge in [-0.2, -0.15) is 0 Å².